The van der Waals surface area contributed by atoms with Gasteiger partial charge in [-0.25, -0.2) is 4.79 Å². The van der Waals surface area contributed by atoms with E-state index >= 15 is 0 Å². The molecule has 98 valence electrons. The van der Waals surface area contributed by atoms with E-state index in [0.717, 1.165) is 25.8 Å². The SMILES string of the molecule is CC(C)NC(=O)N1CCCCC1CCC(=O)O. The summed E-state index contributed by atoms with van der Waals surface area (Å²) in [5.74, 6) is -0.792. The molecule has 5 heteroatoms. The fraction of sp³-hybridized carbons (Fsp3) is 0.833. The maximum atomic E-state index is 11.9. The summed E-state index contributed by atoms with van der Waals surface area (Å²) in [6, 6.07) is 0.137. The van der Waals surface area contributed by atoms with E-state index in [-0.39, 0.29) is 24.5 Å². The van der Waals surface area contributed by atoms with Crippen LogP contribution in [0.3, 0.4) is 0 Å². The topological polar surface area (TPSA) is 69.6 Å². The number of likely N-dealkylation sites (tertiary alicyclic amines) is 1. The zero-order valence-electron chi connectivity index (χ0n) is 10.6. The quantitative estimate of drug-likeness (QED) is 0.790. The molecule has 0 radical (unpaired) electrons. The third kappa shape index (κ3) is 4.63. The predicted octanol–water partition coefficient (Wildman–Crippen LogP) is 1.82. The van der Waals surface area contributed by atoms with E-state index in [2.05, 4.69) is 5.32 Å². The maximum absolute atomic E-state index is 11.9. The highest BCUT2D eigenvalue weighted by atomic mass is 16.4. The van der Waals surface area contributed by atoms with Crippen LogP contribution in [0.2, 0.25) is 0 Å². The number of piperidine rings is 1. The van der Waals surface area contributed by atoms with E-state index in [4.69, 9.17) is 5.11 Å². The van der Waals surface area contributed by atoms with Crippen molar-refractivity contribution in [1.82, 2.24) is 10.2 Å². The Hall–Kier alpha value is -1.26. The lowest BCUT2D eigenvalue weighted by atomic mass is 9.98. The maximum Gasteiger partial charge on any atom is 0.317 e. The molecule has 2 amide bonds. The van der Waals surface area contributed by atoms with Crippen LogP contribution in [-0.4, -0.2) is 40.6 Å². The number of carboxylic acid groups (broad SMARTS) is 1. The molecular formula is C12H22N2O3. The highest BCUT2D eigenvalue weighted by Crippen LogP contribution is 2.21. The molecule has 17 heavy (non-hydrogen) atoms. The first-order valence-corrected chi connectivity index (χ1v) is 6.29. The Labute approximate surface area is 102 Å². The first-order chi connectivity index (χ1) is 8.00. The summed E-state index contributed by atoms with van der Waals surface area (Å²) in [4.78, 5) is 24.3. The lowest BCUT2D eigenvalue weighted by molar-refractivity contribution is -0.137. The molecular weight excluding hydrogens is 220 g/mol. The normalized spacial score (nSPS) is 20.4. The van der Waals surface area contributed by atoms with Gasteiger partial charge in [-0.3, -0.25) is 4.79 Å². The number of aliphatic carboxylic acids is 1. The molecule has 1 fully saturated rings. The third-order valence-corrected chi connectivity index (χ3v) is 2.99. The Bertz CT molecular complexity index is 279. The fourth-order valence-corrected chi connectivity index (χ4v) is 2.19. The van der Waals surface area contributed by atoms with Gasteiger partial charge in [0.2, 0.25) is 0 Å². The van der Waals surface area contributed by atoms with Gasteiger partial charge in [0.1, 0.15) is 0 Å². The van der Waals surface area contributed by atoms with E-state index in [9.17, 15) is 9.59 Å². The largest absolute Gasteiger partial charge is 0.481 e. The van der Waals surface area contributed by atoms with E-state index < -0.39 is 5.97 Å². The minimum atomic E-state index is -0.792. The van der Waals surface area contributed by atoms with Crippen LogP contribution in [0.4, 0.5) is 4.79 Å². The zero-order valence-corrected chi connectivity index (χ0v) is 10.6. The molecule has 0 aliphatic carbocycles. The number of carboxylic acids is 1. The summed E-state index contributed by atoms with van der Waals surface area (Å²) in [7, 11) is 0. The van der Waals surface area contributed by atoms with Crippen LogP contribution in [0.5, 0.6) is 0 Å². The number of urea groups is 1. The highest BCUT2D eigenvalue weighted by Gasteiger charge is 2.27. The smallest absolute Gasteiger partial charge is 0.317 e. The second-order valence-electron chi connectivity index (χ2n) is 4.88. The zero-order chi connectivity index (χ0) is 12.8. The number of carbonyl (C=O) groups excluding carboxylic acids is 1. The van der Waals surface area contributed by atoms with Gasteiger partial charge in [-0.2, -0.15) is 0 Å². The monoisotopic (exact) mass is 242 g/mol. The van der Waals surface area contributed by atoms with Gasteiger partial charge < -0.3 is 15.3 Å². The molecule has 0 saturated carbocycles. The van der Waals surface area contributed by atoms with Gasteiger partial charge in [0.05, 0.1) is 0 Å². The van der Waals surface area contributed by atoms with Gasteiger partial charge in [-0.05, 0) is 39.5 Å². The molecule has 0 aromatic heterocycles. The van der Waals surface area contributed by atoms with Gasteiger partial charge >= 0.3 is 12.0 Å². The molecule has 0 aromatic carbocycles. The van der Waals surface area contributed by atoms with Crippen LogP contribution in [-0.2, 0) is 4.79 Å². The standard InChI is InChI=1S/C12H22N2O3/c1-9(2)13-12(17)14-8-4-3-5-10(14)6-7-11(15)16/h9-10H,3-8H2,1-2H3,(H,13,17)(H,15,16). The molecule has 5 nitrogen and oxygen atoms in total. The summed E-state index contributed by atoms with van der Waals surface area (Å²) in [5.41, 5.74) is 0. The van der Waals surface area contributed by atoms with Crippen molar-refractivity contribution in [2.45, 2.75) is 58.0 Å². The number of hydrogen-bond acceptors (Lipinski definition) is 2. The summed E-state index contributed by atoms with van der Waals surface area (Å²) in [5, 5.41) is 11.6. The fourth-order valence-electron chi connectivity index (χ4n) is 2.19. The molecule has 0 spiro atoms. The first-order valence-electron chi connectivity index (χ1n) is 6.29. The number of carbonyl (C=O) groups is 2. The molecule has 1 aliphatic heterocycles. The Kier molecular flexibility index (Phi) is 5.25. The van der Waals surface area contributed by atoms with Crippen molar-refractivity contribution >= 4 is 12.0 Å². The average Bonchev–Trinajstić information content (AvgIpc) is 2.25. The average molecular weight is 242 g/mol. The molecule has 1 heterocycles. The van der Waals surface area contributed by atoms with Gasteiger partial charge in [-0.1, -0.05) is 0 Å². The summed E-state index contributed by atoms with van der Waals surface area (Å²) in [6.45, 7) is 4.59. The third-order valence-electron chi connectivity index (χ3n) is 2.99. The summed E-state index contributed by atoms with van der Waals surface area (Å²) in [6.07, 6.45) is 3.70. The van der Waals surface area contributed by atoms with Crippen LogP contribution < -0.4 is 5.32 Å². The van der Waals surface area contributed by atoms with Crippen LogP contribution in [0, 0.1) is 0 Å². The minimum Gasteiger partial charge on any atom is -0.481 e. The number of nitrogens with zero attached hydrogens (tertiary/aromatic N) is 1. The second kappa shape index (κ2) is 6.47. The van der Waals surface area contributed by atoms with E-state index in [0.29, 0.717) is 6.42 Å². The Morgan fingerprint density at radius 1 is 1.41 bits per heavy atom. The van der Waals surface area contributed by atoms with Crippen molar-refractivity contribution < 1.29 is 14.7 Å². The van der Waals surface area contributed by atoms with Crippen molar-refractivity contribution in [2.24, 2.45) is 0 Å². The molecule has 1 atom stereocenters. The van der Waals surface area contributed by atoms with Gasteiger partial charge in [0.15, 0.2) is 0 Å². The Morgan fingerprint density at radius 2 is 2.12 bits per heavy atom. The van der Waals surface area contributed by atoms with Crippen molar-refractivity contribution in [3.05, 3.63) is 0 Å². The van der Waals surface area contributed by atoms with Crippen molar-refractivity contribution in [3.63, 3.8) is 0 Å². The van der Waals surface area contributed by atoms with Crippen molar-refractivity contribution in [2.75, 3.05) is 6.54 Å². The molecule has 1 rings (SSSR count). The minimum absolute atomic E-state index is 0.0601. The Balaban J connectivity index is 2.52. The molecule has 1 unspecified atom stereocenters. The van der Waals surface area contributed by atoms with Crippen molar-refractivity contribution in [3.8, 4) is 0 Å². The first kappa shape index (κ1) is 13.8. The molecule has 2 N–H and O–H groups in total. The molecule has 0 bridgehead atoms. The van der Waals surface area contributed by atoms with Crippen molar-refractivity contribution in [1.29, 1.82) is 0 Å². The van der Waals surface area contributed by atoms with Gasteiger partial charge in [-0.15, -0.1) is 0 Å². The van der Waals surface area contributed by atoms with Crippen LogP contribution in [0.1, 0.15) is 46.0 Å². The summed E-state index contributed by atoms with van der Waals surface area (Å²) >= 11 is 0. The predicted molar refractivity (Wildman–Crippen MR) is 64.9 cm³/mol. The molecule has 1 aliphatic rings. The van der Waals surface area contributed by atoms with Crippen LogP contribution in [0.15, 0.2) is 0 Å². The number of hydrogen-bond donors (Lipinski definition) is 2. The number of rotatable bonds is 4. The number of nitrogens with one attached hydrogen (secondary N) is 1. The lowest BCUT2D eigenvalue weighted by Crippen LogP contribution is -2.50. The van der Waals surface area contributed by atoms with Crippen LogP contribution >= 0.6 is 0 Å². The number of amides is 2. The summed E-state index contributed by atoms with van der Waals surface area (Å²) < 4.78 is 0. The Morgan fingerprint density at radius 3 is 2.71 bits per heavy atom. The van der Waals surface area contributed by atoms with E-state index in [1.807, 2.05) is 13.8 Å². The van der Waals surface area contributed by atoms with E-state index in [1.165, 1.54) is 0 Å². The van der Waals surface area contributed by atoms with Crippen LogP contribution in [0.25, 0.3) is 0 Å². The lowest BCUT2D eigenvalue weighted by Gasteiger charge is -2.36. The van der Waals surface area contributed by atoms with E-state index in [1.54, 1.807) is 4.90 Å². The second-order valence-corrected chi connectivity index (χ2v) is 4.88. The highest BCUT2D eigenvalue weighted by molar-refractivity contribution is 5.75. The molecule has 0 aromatic rings. The molecule has 1 saturated heterocycles. The van der Waals surface area contributed by atoms with Gasteiger partial charge in [0.25, 0.3) is 0 Å². The van der Waals surface area contributed by atoms with Gasteiger partial charge in [0, 0.05) is 25.0 Å².